The zero-order valence-corrected chi connectivity index (χ0v) is 19.7. The second-order valence-electron chi connectivity index (χ2n) is 8.48. The minimum absolute atomic E-state index is 0.0649. The summed E-state index contributed by atoms with van der Waals surface area (Å²) in [7, 11) is -3.87. The number of esters is 1. The van der Waals surface area contributed by atoms with Gasteiger partial charge in [-0.3, -0.25) is 4.79 Å². The molecule has 1 N–H and O–H groups in total. The molecule has 0 spiro atoms. The van der Waals surface area contributed by atoms with Gasteiger partial charge in [0.1, 0.15) is 0 Å². The number of piperidine rings is 1. The molecule has 1 aliphatic heterocycles. The fraction of sp³-hybridized carbons (Fsp3) is 0.727. The van der Waals surface area contributed by atoms with E-state index in [1.807, 2.05) is 0 Å². The van der Waals surface area contributed by atoms with Gasteiger partial charge in [0.25, 0.3) is 10.0 Å². The highest BCUT2D eigenvalue weighted by atomic mass is 32.2. The molecule has 0 aromatic carbocycles. The number of nitrogens with zero attached hydrogens (tertiary/aromatic N) is 1. The van der Waals surface area contributed by atoms with Crippen molar-refractivity contribution in [3.05, 3.63) is 17.9 Å². The predicted octanol–water partition coefficient (Wildman–Crippen LogP) is 2.57. The topological polar surface area (TPSA) is 115 Å². The maximum absolute atomic E-state index is 12.8. The molecule has 2 heterocycles. The predicted molar refractivity (Wildman–Crippen MR) is 117 cm³/mol. The van der Waals surface area contributed by atoms with Crippen LogP contribution < -0.4 is 5.32 Å². The highest BCUT2D eigenvalue weighted by Crippen LogP contribution is 2.27. The van der Waals surface area contributed by atoms with Crippen LogP contribution in [0.25, 0.3) is 0 Å². The van der Waals surface area contributed by atoms with E-state index in [4.69, 9.17) is 13.9 Å². The lowest BCUT2D eigenvalue weighted by Crippen LogP contribution is -2.43. The quantitative estimate of drug-likeness (QED) is 0.436. The van der Waals surface area contributed by atoms with Crippen molar-refractivity contribution in [2.45, 2.75) is 63.6 Å². The second-order valence-corrected chi connectivity index (χ2v) is 10.3. The molecule has 1 saturated carbocycles. The Labute approximate surface area is 189 Å². The molecule has 10 heteroatoms. The van der Waals surface area contributed by atoms with Crippen molar-refractivity contribution in [3.8, 4) is 0 Å². The van der Waals surface area contributed by atoms with Crippen LogP contribution in [-0.4, -0.2) is 63.6 Å². The lowest BCUT2D eigenvalue weighted by Gasteiger charge is -2.30. The first-order chi connectivity index (χ1) is 15.3. The second kappa shape index (κ2) is 11.3. The van der Waals surface area contributed by atoms with Crippen LogP contribution >= 0.6 is 0 Å². The Hall–Kier alpha value is -1.91. The van der Waals surface area contributed by atoms with Crippen LogP contribution in [0.4, 0.5) is 0 Å². The van der Waals surface area contributed by atoms with E-state index in [2.05, 4.69) is 12.2 Å². The summed E-state index contributed by atoms with van der Waals surface area (Å²) < 4.78 is 42.9. The summed E-state index contributed by atoms with van der Waals surface area (Å²) in [4.78, 5) is 24.2. The van der Waals surface area contributed by atoms with Gasteiger partial charge in [-0.2, -0.15) is 4.31 Å². The third-order valence-electron chi connectivity index (χ3n) is 6.24. The van der Waals surface area contributed by atoms with Gasteiger partial charge >= 0.3 is 5.97 Å². The molecule has 2 fully saturated rings. The summed E-state index contributed by atoms with van der Waals surface area (Å²) in [5.41, 5.74) is 0. The van der Waals surface area contributed by atoms with Crippen molar-refractivity contribution in [1.29, 1.82) is 0 Å². The van der Waals surface area contributed by atoms with Gasteiger partial charge in [0.05, 0.1) is 19.3 Å². The van der Waals surface area contributed by atoms with Crippen LogP contribution in [0.5, 0.6) is 0 Å². The zero-order chi connectivity index (χ0) is 23.1. The van der Waals surface area contributed by atoms with Crippen LogP contribution in [0.2, 0.25) is 0 Å². The number of amides is 1. The summed E-state index contributed by atoms with van der Waals surface area (Å²) in [5, 5.41) is 2.62. The van der Waals surface area contributed by atoms with Crippen molar-refractivity contribution >= 4 is 21.9 Å². The molecule has 0 radical (unpaired) electrons. The lowest BCUT2D eigenvalue weighted by molar-refractivity contribution is -0.126. The average molecular weight is 471 g/mol. The Morgan fingerprint density at radius 1 is 1.16 bits per heavy atom. The largest absolute Gasteiger partial charge is 0.460 e. The first-order valence-corrected chi connectivity index (χ1v) is 12.9. The molecule has 9 nitrogen and oxygen atoms in total. The third kappa shape index (κ3) is 6.11. The SMILES string of the molecule is CCOC(=O)c1ccc(S(=O)(=O)N2CCC(C(=O)NCCOC3CCCCC3C)CC2)o1. The fourth-order valence-corrected chi connectivity index (χ4v) is 5.70. The highest BCUT2D eigenvalue weighted by molar-refractivity contribution is 7.89. The average Bonchev–Trinajstić information content (AvgIpc) is 3.29. The van der Waals surface area contributed by atoms with Crippen LogP contribution in [-0.2, 0) is 24.3 Å². The van der Waals surface area contributed by atoms with Gasteiger partial charge in [0.15, 0.2) is 0 Å². The van der Waals surface area contributed by atoms with Crippen LogP contribution in [0.15, 0.2) is 21.6 Å². The standard InChI is InChI=1S/C22H34N2O7S/c1-3-29-22(26)19-8-9-20(31-19)32(27,28)24-13-10-17(11-14-24)21(25)23-12-15-30-18-7-5-4-6-16(18)2/h8-9,16-18H,3-7,10-15H2,1-2H3,(H,23,25). The summed E-state index contributed by atoms with van der Waals surface area (Å²) >= 11 is 0. The summed E-state index contributed by atoms with van der Waals surface area (Å²) in [5.74, 6) is -0.587. The zero-order valence-electron chi connectivity index (χ0n) is 18.9. The van der Waals surface area contributed by atoms with E-state index in [-0.39, 0.29) is 48.5 Å². The smallest absolute Gasteiger partial charge is 0.374 e. The first-order valence-electron chi connectivity index (χ1n) is 11.5. The maximum atomic E-state index is 12.8. The summed E-state index contributed by atoms with van der Waals surface area (Å²) in [6.07, 6.45) is 5.87. The van der Waals surface area contributed by atoms with Gasteiger partial charge in [0, 0.05) is 25.6 Å². The van der Waals surface area contributed by atoms with Gasteiger partial charge < -0.3 is 19.2 Å². The van der Waals surface area contributed by atoms with E-state index in [1.54, 1.807) is 6.92 Å². The van der Waals surface area contributed by atoms with E-state index in [9.17, 15) is 18.0 Å². The molecule has 1 aliphatic carbocycles. The molecule has 1 saturated heterocycles. The molecule has 3 rings (SSSR count). The van der Waals surface area contributed by atoms with Gasteiger partial charge in [-0.25, -0.2) is 13.2 Å². The molecule has 180 valence electrons. The number of rotatable bonds is 9. The Balaban J connectivity index is 1.42. The fourth-order valence-electron chi connectivity index (χ4n) is 4.32. The van der Waals surface area contributed by atoms with Gasteiger partial charge in [0.2, 0.25) is 16.8 Å². The normalized spacial score (nSPS) is 23.1. The Morgan fingerprint density at radius 3 is 2.56 bits per heavy atom. The number of nitrogens with one attached hydrogen (secondary N) is 1. The van der Waals surface area contributed by atoms with E-state index in [1.165, 1.54) is 35.7 Å². The summed E-state index contributed by atoms with van der Waals surface area (Å²) in [6, 6.07) is 2.55. The van der Waals surface area contributed by atoms with Crippen molar-refractivity contribution < 1.29 is 31.9 Å². The number of hydrogen-bond donors (Lipinski definition) is 1. The minimum Gasteiger partial charge on any atom is -0.460 e. The van der Waals surface area contributed by atoms with Crippen molar-refractivity contribution in [2.75, 3.05) is 32.8 Å². The molecule has 2 aliphatic rings. The van der Waals surface area contributed by atoms with Crippen LogP contribution in [0, 0.1) is 11.8 Å². The van der Waals surface area contributed by atoms with Crippen molar-refractivity contribution in [3.63, 3.8) is 0 Å². The Bertz CT molecular complexity index is 875. The van der Waals surface area contributed by atoms with E-state index < -0.39 is 16.0 Å². The number of carbonyl (C=O) groups excluding carboxylic acids is 2. The van der Waals surface area contributed by atoms with E-state index >= 15 is 0 Å². The molecule has 2 atom stereocenters. The van der Waals surface area contributed by atoms with Gasteiger partial charge in [-0.1, -0.05) is 19.8 Å². The Morgan fingerprint density at radius 2 is 1.88 bits per heavy atom. The molecule has 1 amide bonds. The monoisotopic (exact) mass is 470 g/mol. The third-order valence-corrected chi connectivity index (χ3v) is 8.02. The Kier molecular flexibility index (Phi) is 8.72. The highest BCUT2D eigenvalue weighted by Gasteiger charge is 2.34. The molecule has 32 heavy (non-hydrogen) atoms. The number of carbonyl (C=O) groups is 2. The molecule has 0 bridgehead atoms. The molecule has 2 unspecified atom stereocenters. The van der Waals surface area contributed by atoms with E-state index in [0.29, 0.717) is 31.9 Å². The maximum Gasteiger partial charge on any atom is 0.374 e. The first kappa shape index (κ1) is 24.7. The number of furan rings is 1. The number of sulfonamides is 1. The van der Waals surface area contributed by atoms with Gasteiger partial charge in [-0.05, 0) is 50.7 Å². The number of ether oxygens (including phenoxy) is 2. The minimum atomic E-state index is -3.87. The van der Waals surface area contributed by atoms with Crippen LogP contribution in [0.3, 0.4) is 0 Å². The summed E-state index contributed by atoms with van der Waals surface area (Å²) in [6.45, 7) is 5.42. The molecule has 1 aromatic rings. The van der Waals surface area contributed by atoms with Gasteiger partial charge in [-0.15, -0.1) is 0 Å². The van der Waals surface area contributed by atoms with Crippen LogP contribution in [0.1, 0.15) is 62.9 Å². The molecule has 1 aromatic heterocycles. The lowest BCUT2D eigenvalue weighted by atomic mass is 9.88. The van der Waals surface area contributed by atoms with E-state index in [0.717, 1.165) is 6.42 Å². The van der Waals surface area contributed by atoms with Crippen molar-refractivity contribution in [2.24, 2.45) is 11.8 Å². The number of hydrogen-bond acceptors (Lipinski definition) is 7. The van der Waals surface area contributed by atoms with Crippen molar-refractivity contribution in [1.82, 2.24) is 9.62 Å². The molecular weight excluding hydrogens is 436 g/mol. The molecular formula is C22H34N2O7S.